The average Bonchev–Trinajstić information content (AvgIpc) is 3.00. The largest absolute Gasteiger partial charge is 0.493 e. The highest BCUT2D eigenvalue weighted by Crippen LogP contribution is 2.35. The quantitative estimate of drug-likeness (QED) is 0.108. The van der Waals surface area contributed by atoms with Gasteiger partial charge in [-0.3, -0.25) is 9.59 Å². The van der Waals surface area contributed by atoms with E-state index in [0.29, 0.717) is 0 Å². The zero-order chi connectivity index (χ0) is 35.1. The zero-order valence-corrected chi connectivity index (χ0v) is 25.7. The highest BCUT2D eigenvalue weighted by Gasteiger charge is 2.33. The Morgan fingerprint density at radius 1 is 0.830 bits per heavy atom. The number of alkyl halides is 6. The fourth-order valence-corrected chi connectivity index (χ4v) is 4.12. The maximum atomic E-state index is 13.2. The summed E-state index contributed by atoms with van der Waals surface area (Å²) in [6, 6.07) is 6.45. The molecule has 0 fully saturated rings. The number of pyridine rings is 1. The van der Waals surface area contributed by atoms with Crippen LogP contribution in [0, 0.1) is 5.92 Å². The summed E-state index contributed by atoms with van der Waals surface area (Å²) >= 11 is 0. The number of hydrogen-bond acceptors (Lipinski definition) is 9. The van der Waals surface area contributed by atoms with Crippen LogP contribution in [0.15, 0.2) is 60.8 Å². The van der Waals surface area contributed by atoms with Crippen LogP contribution in [0.1, 0.15) is 59.6 Å². The number of esters is 1. The molecular formula is C31H31F6N3O7. The van der Waals surface area contributed by atoms with Gasteiger partial charge in [0.15, 0.2) is 17.2 Å². The number of hydrogen-bond donors (Lipinski definition) is 1. The van der Waals surface area contributed by atoms with E-state index in [9.17, 15) is 40.7 Å². The molecule has 3 aromatic rings. The van der Waals surface area contributed by atoms with Crippen LogP contribution in [0.25, 0.3) is 0 Å². The van der Waals surface area contributed by atoms with E-state index in [-0.39, 0.29) is 28.3 Å². The summed E-state index contributed by atoms with van der Waals surface area (Å²) in [5, 5.41) is 3.32. The van der Waals surface area contributed by atoms with E-state index in [0.717, 1.165) is 53.6 Å². The fourth-order valence-electron chi connectivity index (χ4n) is 4.12. The number of aromatic nitrogens is 1. The van der Waals surface area contributed by atoms with Gasteiger partial charge in [-0.1, -0.05) is 38.1 Å². The summed E-state index contributed by atoms with van der Waals surface area (Å²) < 4.78 is 94.7. The van der Waals surface area contributed by atoms with Crippen molar-refractivity contribution in [3.8, 4) is 11.5 Å². The van der Waals surface area contributed by atoms with E-state index in [1.165, 1.54) is 33.3 Å². The molecule has 1 N–H and O–H groups in total. The van der Waals surface area contributed by atoms with Gasteiger partial charge in [0, 0.05) is 19.3 Å². The van der Waals surface area contributed by atoms with Crippen LogP contribution in [0.3, 0.4) is 0 Å². The predicted octanol–water partition coefficient (Wildman–Crippen LogP) is 5.96. The molecule has 1 heterocycles. The van der Waals surface area contributed by atoms with Gasteiger partial charge in [-0.15, -0.1) is 5.06 Å². The van der Waals surface area contributed by atoms with Gasteiger partial charge in [-0.25, -0.2) is 9.78 Å². The molecule has 1 amide bonds. The number of halogens is 6. The predicted molar refractivity (Wildman–Crippen MR) is 153 cm³/mol. The van der Waals surface area contributed by atoms with Crippen molar-refractivity contribution in [2.45, 2.75) is 45.2 Å². The van der Waals surface area contributed by atoms with Crippen LogP contribution in [0.4, 0.5) is 26.3 Å². The Kier molecular flexibility index (Phi) is 11.8. The van der Waals surface area contributed by atoms with Gasteiger partial charge in [-0.05, 0) is 42.3 Å². The van der Waals surface area contributed by atoms with Crippen molar-refractivity contribution in [1.82, 2.24) is 15.4 Å². The van der Waals surface area contributed by atoms with Crippen LogP contribution < -0.4 is 14.8 Å². The van der Waals surface area contributed by atoms with E-state index in [2.05, 4.69) is 10.3 Å². The first kappa shape index (κ1) is 36.6. The number of nitrogens with one attached hydrogen (secondary N) is 1. The number of rotatable bonds is 12. The molecule has 3 rings (SSSR count). The molecule has 0 radical (unpaired) electrons. The molecule has 16 heteroatoms. The van der Waals surface area contributed by atoms with Crippen LogP contribution in [0.2, 0.25) is 0 Å². The summed E-state index contributed by atoms with van der Waals surface area (Å²) in [5.41, 5.74) is -1.94. The summed E-state index contributed by atoms with van der Waals surface area (Å²) in [6.07, 6.45) is -8.05. The van der Waals surface area contributed by atoms with Crippen molar-refractivity contribution >= 4 is 17.8 Å². The van der Waals surface area contributed by atoms with Crippen LogP contribution in [0.5, 0.6) is 11.5 Å². The maximum Gasteiger partial charge on any atom is 0.416 e. The Morgan fingerprint density at radius 2 is 1.34 bits per heavy atom. The molecule has 0 aliphatic heterocycles. The number of nitrogens with zero attached hydrogens (tertiary/aromatic N) is 2. The third-order valence-electron chi connectivity index (χ3n) is 6.59. The van der Waals surface area contributed by atoms with Gasteiger partial charge in [0.25, 0.3) is 5.91 Å². The lowest BCUT2D eigenvalue weighted by atomic mass is 9.96. The second-order valence-corrected chi connectivity index (χ2v) is 10.4. The molecule has 0 spiro atoms. The molecule has 0 aliphatic carbocycles. The monoisotopic (exact) mass is 671 g/mol. The molecule has 2 aromatic carbocycles. The number of ether oxygens (including phenoxy) is 3. The molecule has 1 aromatic heterocycles. The molecule has 0 saturated heterocycles. The minimum atomic E-state index is -4.64. The van der Waals surface area contributed by atoms with Crippen molar-refractivity contribution in [2.24, 2.45) is 5.92 Å². The minimum absolute atomic E-state index is 0.0663. The first-order valence-electron chi connectivity index (χ1n) is 13.9. The summed E-state index contributed by atoms with van der Waals surface area (Å²) in [7, 11) is 2.55. The minimum Gasteiger partial charge on any atom is -0.493 e. The van der Waals surface area contributed by atoms with Crippen molar-refractivity contribution < 1.29 is 59.8 Å². The van der Waals surface area contributed by atoms with E-state index in [1.54, 1.807) is 13.8 Å². The number of carbonyl (C=O) groups excluding carboxylic acids is 3. The maximum absolute atomic E-state index is 13.2. The SMILES string of the molecule is COc1ccnc(C(=O)NC(C)C(=O)ON(C)C(c2ccc(C(F)(F)F)cc2)c2ccc(C(F)(F)F)cc2)c1OCOC(=O)C(C)C. The Morgan fingerprint density at radius 3 is 1.79 bits per heavy atom. The van der Waals surface area contributed by atoms with Crippen LogP contribution in [-0.4, -0.2) is 54.9 Å². The lowest BCUT2D eigenvalue weighted by Crippen LogP contribution is -2.43. The van der Waals surface area contributed by atoms with E-state index in [4.69, 9.17) is 19.0 Å². The first-order valence-corrected chi connectivity index (χ1v) is 13.9. The molecule has 0 bridgehead atoms. The Labute approximate surface area is 265 Å². The van der Waals surface area contributed by atoms with Crippen molar-refractivity contribution in [3.05, 3.63) is 88.7 Å². The normalized spacial score (nSPS) is 12.6. The van der Waals surface area contributed by atoms with E-state index >= 15 is 0 Å². The highest BCUT2D eigenvalue weighted by molar-refractivity contribution is 5.98. The fraction of sp³-hybridized carbons (Fsp3) is 0.355. The van der Waals surface area contributed by atoms with Gasteiger partial charge in [0.05, 0.1) is 30.2 Å². The third kappa shape index (κ3) is 9.57. The standard InChI is InChI=1S/C31H31F6N3O7/c1-17(2)28(42)46-16-45-26-23(44-5)14-15-38-24(26)27(41)39-18(3)29(43)47-40(4)25(19-6-10-21(11-7-19)30(32,33)34)20-8-12-22(13-9-20)31(35,36)37/h6-15,17-18,25H,16H2,1-5H3,(H,39,41). The second kappa shape index (κ2) is 15.2. The van der Waals surface area contributed by atoms with Gasteiger partial charge < -0.3 is 24.4 Å². The average molecular weight is 672 g/mol. The third-order valence-corrected chi connectivity index (χ3v) is 6.59. The highest BCUT2D eigenvalue weighted by atomic mass is 19.4. The number of methoxy groups -OCH3 is 1. The molecular weight excluding hydrogens is 640 g/mol. The van der Waals surface area contributed by atoms with Crippen molar-refractivity contribution in [3.63, 3.8) is 0 Å². The zero-order valence-electron chi connectivity index (χ0n) is 25.7. The Bertz CT molecular complexity index is 1490. The molecule has 1 unspecified atom stereocenters. The second-order valence-electron chi connectivity index (χ2n) is 10.4. The van der Waals surface area contributed by atoms with Crippen LogP contribution in [-0.2, 0) is 31.5 Å². The smallest absolute Gasteiger partial charge is 0.416 e. The number of hydroxylamine groups is 2. The van der Waals surface area contributed by atoms with Crippen molar-refractivity contribution in [1.29, 1.82) is 0 Å². The lowest BCUT2D eigenvalue weighted by molar-refractivity contribution is -0.193. The van der Waals surface area contributed by atoms with Gasteiger partial charge in [-0.2, -0.15) is 26.3 Å². The summed E-state index contributed by atoms with van der Waals surface area (Å²) in [5.74, 6) is -3.09. The van der Waals surface area contributed by atoms with Crippen molar-refractivity contribution in [2.75, 3.05) is 21.0 Å². The molecule has 1 atom stereocenters. The number of amides is 1. The first-order chi connectivity index (χ1) is 21.9. The molecule has 47 heavy (non-hydrogen) atoms. The van der Waals surface area contributed by atoms with E-state index < -0.39 is 66.1 Å². The Hall–Kier alpha value is -4.86. The molecule has 0 saturated carbocycles. The topological polar surface area (TPSA) is 116 Å². The van der Waals surface area contributed by atoms with Gasteiger partial charge in [0.2, 0.25) is 6.79 Å². The number of benzene rings is 2. The van der Waals surface area contributed by atoms with Gasteiger partial charge in [0.1, 0.15) is 6.04 Å². The summed E-state index contributed by atoms with van der Waals surface area (Å²) in [6.45, 7) is 3.92. The number of carbonyl (C=O) groups is 3. The lowest BCUT2D eigenvalue weighted by Gasteiger charge is -2.29. The Balaban J connectivity index is 1.82. The molecule has 0 aliphatic rings. The van der Waals surface area contributed by atoms with E-state index in [1.807, 2.05) is 0 Å². The molecule has 254 valence electrons. The molecule has 10 nitrogen and oxygen atoms in total. The van der Waals surface area contributed by atoms with Gasteiger partial charge >= 0.3 is 24.3 Å². The van der Waals surface area contributed by atoms with Crippen LogP contribution >= 0.6 is 0 Å². The summed E-state index contributed by atoms with van der Waals surface area (Å²) in [4.78, 5) is 47.3.